The Labute approximate surface area is 91.2 Å². The summed E-state index contributed by atoms with van der Waals surface area (Å²) in [5.74, 6) is 0.204. The van der Waals surface area contributed by atoms with Crippen LogP contribution in [0.2, 0.25) is 0 Å². The minimum absolute atomic E-state index is 0. The summed E-state index contributed by atoms with van der Waals surface area (Å²) >= 11 is 0. The second-order valence-electron chi connectivity index (χ2n) is 2.70. The van der Waals surface area contributed by atoms with E-state index in [1.807, 2.05) is 19.1 Å². The van der Waals surface area contributed by atoms with Crippen LogP contribution in [0, 0.1) is 6.92 Å². The van der Waals surface area contributed by atoms with Gasteiger partial charge >= 0.3 is 0 Å². The number of aryl methyl sites for hydroxylation is 1. The quantitative estimate of drug-likeness (QED) is 0.733. The molecule has 2 aromatic rings. The van der Waals surface area contributed by atoms with Gasteiger partial charge in [-0.3, -0.25) is 0 Å². The van der Waals surface area contributed by atoms with Crippen molar-refractivity contribution in [3.63, 3.8) is 0 Å². The molecule has 0 unspecified atom stereocenters. The van der Waals surface area contributed by atoms with Gasteiger partial charge in [0, 0.05) is 17.1 Å². The molecule has 0 amide bonds. The van der Waals surface area contributed by atoms with Crippen LogP contribution in [0.1, 0.15) is 5.56 Å². The average Bonchev–Trinajstić information content (AvgIpc) is 2.62. The number of phenolic OH excluding ortho intramolecular Hbond substituents is 1. The number of tetrazole rings is 1. The third kappa shape index (κ3) is 1.76. The topological polar surface area (TPSA) is 63.8 Å². The molecule has 0 aliphatic rings. The van der Waals surface area contributed by atoms with Crippen LogP contribution in [-0.4, -0.2) is 25.3 Å². The third-order valence-corrected chi connectivity index (χ3v) is 1.81. The molecule has 0 aliphatic carbocycles. The minimum atomic E-state index is 0. The Morgan fingerprint density at radius 3 is 2.79 bits per heavy atom. The smallest absolute Gasteiger partial charge is 0.144 e. The van der Waals surface area contributed by atoms with Crippen LogP contribution >= 0.6 is 0 Å². The van der Waals surface area contributed by atoms with Crippen molar-refractivity contribution in [2.24, 2.45) is 0 Å². The number of hydrogen-bond donors (Lipinski definition) is 1. The molecule has 1 radical (unpaired) electrons. The zero-order valence-corrected chi connectivity index (χ0v) is 8.60. The molecular formula is C8H8MnN4O. The molecule has 1 aromatic carbocycles. The van der Waals surface area contributed by atoms with E-state index >= 15 is 0 Å². The molecule has 1 aromatic heterocycles. The molecule has 0 atom stereocenters. The van der Waals surface area contributed by atoms with Crippen LogP contribution in [0.4, 0.5) is 0 Å². The summed E-state index contributed by atoms with van der Waals surface area (Å²) < 4.78 is 1.42. The SMILES string of the molecule is Cc1cccc(-n2cnnn2)c1O.[Mn]. The number of para-hydroxylation sites is 1. The number of phenols is 1. The van der Waals surface area contributed by atoms with Crippen LogP contribution in [0.15, 0.2) is 24.5 Å². The van der Waals surface area contributed by atoms with Crippen molar-refractivity contribution in [3.8, 4) is 11.4 Å². The maximum atomic E-state index is 9.65. The summed E-state index contributed by atoms with van der Waals surface area (Å²) in [6.07, 6.45) is 1.44. The van der Waals surface area contributed by atoms with Gasteiger partial charge in [0.25, 0.3) is 0 Å². The Kier molecular flexibility index (Phi) is 3.22. The monoisotopic (exact) mass is 231 g/mol. The minimum Gasteiger partial charge on any atom is -0.505 e. The number of hydrogen-bond acceptors (Lipinski definition) is 4. The number of rotatable bonds is 1. The second-order valence-corrected chi connectivity index (χ2v) is 2.70. The van der Waals surface area contributed by atoms with Gasteiger partial charge in [-0.1, -0.05) is 12.1 Å². The molecule has 2 rings (SSSR count). The Hall–Kier alpha value is -1.39. The first-order valence-electron chi connectivity index (χ1n) is 3.81. The van der Waals surface area contributed by atoms with Gasteiger partial charge < -0.3 is 5.11 Å². The van der Waals surface area contributed by atoms with Gasteiger partial charge in [-0.05, 0) is 29.0 Å². The summed E-state index contributed by atoms with van der Waals surface area (Å²) in [6.45, 7) is 1.82. The number of aromatic hydroxyl groups is 1. The van der Waals surface area contributed by atoms with Gasteiger partial charge in [0.05, 0.1) is 0 Å². The summed E-state index contributed by atoms with van der Waals surface area (Å²) in [5.41, 5.74) is 1.39. The van der Waals surface area contributed by atoms with Crippen molar-refractivity contribution < 1.29 is 22.2 Å². The van der Waals surface area contributed by atoms with Crippen LogP contribution in [-0.2, 0) is 17.1 Å². The van der Waals surface area contributed by atoms with Crippen LogP contribution in [0.3, 0.4) is 0 Å². The van der Waals surface area contributed by atoms with Gasteiger partial charge in [-0.2, -0.15) is 4.68 Å². The van der Waals surface area contributed by atoms with Crippen LogP contribution < -0.4 is 0 Å². The molecule has 14 heavy (non-hydrogen) atoms. The molecule has 0 spiro atoms. The first kappa shape index (κ1) is 10.7. The fourth-order valence-corrected chi connectivity index (χ4v) is 1.10. The fraction of sp³-hybridized carbons (Fsp3) is 0.125. The van der Waals surface area contributed by atoms with Crippen molar-refractivity contribution in [1.29, 1.82) is 0 Å². The summed E-state index contributed by atoms with van der Waals surface area (Å²) in [7, 11) is 0. The van der Waals surface area contributed by atoms with E-state index in [0.717, 1.165) is 5.56 Å². The van der Waals surface area contributed by atoms with E-state index < -0.39 is 0 Å². The van der Waals surface area contributed by atoms with Gasteiger partial charge in [0.1, 0.15) is 17.8 Å². The van der Waals surface area contributed by atoms with Crippen molar-refractivity contribution >= 4 is 0 Å². The molecule has 0 saturated carbocycles. The molecular weight excluding hydrogens is 223 g/mol. The first-order valence-corrected chi connectivity index (χ1v) is 3.81. The fourth-order valence-electron chi connectivity index (χ4n) is 1.10. The largest absolute Gasteiger partial charge is 0.505 e. The van der Waals surface area contributed by atoms with Crippen molar-refractivity contribution in [3.05, 3.63) is 30.1 Å². The molecule has 1 heterocycles. The maximum Gasteiger partial charge on any atom is 0.144 e. The third-order valence-electron chi connectivity index (χ3n) is 1.81. The summed E-state index contributed by atoms with van der Waals surface area (Å²) in [4.78, 5) is 0. The van der Waals surface area contributed by atoms with Crippen molar-refractivity contribution in [2.45, 2.75) is 6.92 Å². The van der Waals surface area contributed by atoms with Gasteiger partial charge in [-0.15, -0.1) is 5.10 Å². The Bertz CT molecular complexity index is 415. The van der Waals surface area contributed by atoms with Crippen molar-refractivity contribution in [1.82, 2.24) is 20.2 Å². The van der Waals surface area contributed by atoms with E-state index in [9.17, 15) is 5.11 Å². The standard InChI is InChI=1S/C8H8N4O.Mn/c1-6-3-2-4-7(8(6)13)12-5-9-10-11-12;/h2-5,13H,1H3;. The predicted molar refractivity (Wildman–Crippen MR) is 45.6 cm³/mol. The number of nitrogens with zero attached hydrogens (tertiary/aromatic N) is 4. The van der Waals surface area contributed by atoms with Crippen LogP contribution in [0.25, 0.3) is 5.69 Å². The zero-order chi connectivity index (χ0) is 9.26. The molecule has 0 saturated heterocycles. The van der Waals surface area contributed by atoms with E-state index in [1.54, 1.807) is 6.07 Å². The Morgan fingerprint density at radius 2 is 2.14 bits per heavy atom. The Morgan fingerprint density at radius 1 is 1.36 bits per heavy atom. The number of benzene rings is 1. The normalized spacial score (nSPS) is 9.50. The molecule has 73 valence electrons. The first-order chi connectivity index (χ1) is 6.29. The maximum absolute atomic E-state index is 9.65. The van der Waals surface area contributed by atoms with E-state index in [1.165, 1.54) is 11.0 Å². The molecule has 0 bridgehead atoms. The predicted octanol–water partition coefficient (Wildman–Crippen LogP) is 0.674. The van der Waals surface area contributed by atoms with Crippen molar-refractivity contribution in [2.75, 3.05) is 0 Å². The summed E-state index contributed by atoms with van der Waals surface area (Å²) in [6, 6.07) is 5.41. The Balaban J connectivity index is 0.000000980. The van der Waals surface area contributed by atoms with E-state index in [0.29, 0.717) is 5.69 Å². The van der Waals surface area contributed by atoms with Gasteiger partial charge in [0.2, 0.25) is 0 Å². The van der Waals surface area contributed by atoms with E-state index in [2.05, 4.69) is 15.5 Å². The van der Waals surface area contributed by atoms with E-state index in [4.69, 9.17) is 0 Å². The molecule has 0 aliphatic heterocycles. The number of aromatic nitrogens is 4. The van der Waals surface area contributed by atoms with Crippen LogP contribution in [0.5, 0.6) is 5.75 Å². The molecule has 6 heteroatoms. The van der Waals surface area contributed by atoms with Gasteiger partial charge in [0.15, 0.2) is 0 Å². The zero-order valence-electron chi connectivity index (χ0n) is 7.42. The van der Waals surface area contributed by atoms with E-state index in [-0.39, 0.29) is 22.8 Å². The second kappa shape index (κ2) is 4.21. The molecule has 0 fully saturated rings. The average molecular weight is 231 g/mol. The summed E-state index contributed by atoms with van der Waals surface area (Å²) in [5, 5.41) is 20.3. The molecule has 5 nitrogen and oxygen atoms in total. The molecule has 1 N–H and O–H groups in total. The van der Waals surface area contributed by atoms with Gasteiger partial charge in [-0.25, -0.2) is 0 Å².